The molecule has 0 radical (unpaired) electrons. The summed E-state index contributed by atoms with van der Waals surface area (Å²) in [6, 6.07) is -0.307. The average Bonchev–Trinajstić information content (AvgIpc) is 2.31. The molecule has 18 heavy (non-hydrogen) atoms. The van der Waals surface area contributed by atoms with E-state index in [1.54, 1.807) is 14.0 Å². The zero-order chi connectivity index (χ0) is 13.1. The van der Waals surface area contributed by atoms with Crippen LogP contribution in [0.3, 0.4) is 0 Å². The number of methoxy groups -OCH3 is 1. The second kappa shape index (κ2) is 5.49. The second-order valence-electron chi connectivity index (χ2n) is 4.12. The quantitative estimate of drug-likeness (QED) is 0.642. The van der Waals surface area contributed by atoms with Crippen molar-refractivity contribution in [3.05, 3.63) is 11.0 Å². The number of nitrogens with one attached hydrogen (secondary N) is 2. The van der Waals surface area contributed by atoms with Crippen LogP contribution in [0.15, 0.2) is 0 Å². The van der Waals surface area contributed by atoms with Crippen LogP contribution >= 0.6 is 11.6 Å². The molecule has 1 atom stereocenters. The van der Waals surface area contributed by atoms with E-state index < -0.39 is 0 Å². The molecule has 0 saturated heterocycles. The number of halogens is 1. The lowest BCUT2D eigenvalue weighted by Gasteiger charge is -2.26. The number of hydrogen-bond donors (Lipinski definition) is 2. The van der Waals surface area contributed by atoms with Gasteiger partial charge in [-0.25, -0.2) is 4.98 Å². The fraction of sp³-hybridized carbons (Fsp3) is 0.545. The van der Waals surface area contributed by atoms with Crippen LogP contribution in [0.25, 0.3) is 0 Å². The monoisotopic (exact) mass is 270 g/mol. The number of rotatable bonds is 4. The van der Waals surface area contributed by atoms with Crippen molar-refractivity contribution < 1.29 is 9.53 Å². The minimum atomic E-state index is -0.307. The summed E-state index contributed by atoms with van der Waals surface area (Å²) in [4.78, 5) is 20.0. The number of nitrogens with zero attached hydrogens (tertiary/aromatic N) is 2. The van der Waals surface area contributed by atoms with Gasteiger partial charge >= 0.3 is 0 Å². The van der Waals surface area contributed by atoms with Crippen molar-refractivity contribution in [1.29, 1.82) is 0 Å². The number of carbonyl (C=O) groups excluding carboxylic acids is 1. The number of aryl methyl sites for hydroxylation is 1. The Hall–Kier alpha value is -1.40. The van der Waals surface area contributed by atoms with Gasteiger partial charge in [0.1, 0.15) is 11.7 Å². The van der Waals surface area contributed by atoms with E-state index in [2.05, 4.69) is 20.6 Å². The number of carbonyl (C=O) groups is 1. The number of ether oxygens (including phenoxy) is 1. The summed E-state index contributed by atoms with van der Waals surface area (Å²) in [7, 11) is 1.64. The minimum Gasteiger partial charge on any atom is -0.385 e. The number of amides is 1. The van der Waals surface area contributed by atoms with Crippen LogP contribution in [-0.4, -0.2) is 35.6 Å². The highest BCUT2D eigenvalue weighted by atomic mass is 35.5. The number of hydrogen-bond acceptors (Lipinski definition) is 5. The van der Waals surface area contributed by atoms with Gasteiger partial charge in [-0.05, 0) is 31.4 Å². The maximum atomic E-state index is 11.9. The third-order valence-electron chi connectivity index (χ3n) is 2.78. The Bertz CT molecular complexity index is 467. The van der Waals surface area contributed by atoms with Gasteiger partial charge in [-0.1, -0.05) is 0 Å². The largest absolute Gasteiger partial charge is 0.385 e. The van der Waals surface area contributed by atoms with Gasteiger partial charge in [0.2, 0.25) is 11.2 Å². The Labute approximate surface area is 110 Å². The molecule has 0 aromatic carbocycles. The zero-order valence-corrected chi connectivity index (χ0v) is 11.0. The van der Waals surface area contributed by atoms with Crippen molar-refractivity contribution in [2.24, 2.45) is 0 Å². The molecule has 0 spiro atoms. The van der Waals surface area contributed by atoms with Crippen molar-refractivity contribution in [2.45, 2.75) is 25.8 Å². The molecule has 2 N–H and O–H groups in total. The van der Waals surface area contributed by atoms with Gasteiger partial charge in [-0.3, -0.25) is 4.79 Å². The predicted molar refractivity (Wildman–Crippen MR) is 68.9 cm³/mol. The van der Waals surface area contributed by atoms with Gasteiger partial charge in [0, 0.05) is 13.7 Å². The number of aromatic nitrogens is 2. The maximum Gasteiger partial charge on any atom is 0.247 e. The molecule has 1 aliphatic rings. The lowest BCUT2D eigenvalue weighted by molar-refractivity contribution is -0.117. The highest BCUT2D eigenvalue weighted by molar-refractivity contribution is 6.28. The van der Waals surface area contributed by atoms with Crippen LogP contribution in [0.1, 0.15) is 18.5 Å². The van der Waals surface area contributed by atoms with Crippen molar-refractivity contribution in [3.63, 3.8) is 0 Å². The van der Waals surface area contributed by atoms with Gasteiger partial charge < -0.3 is 15.4 Å². The van der Waals surface area contributed by atoms with Crippen molar-refractivity contribution in [3.8, 4) is 0 Å². The molecule has 0 aliphatic carbocycles. The van der Waals surface area contributed by atoms with Crippen LogP contribution in [0.4, 0.5) is 11.5 Å². The fourth-order valence-electron chi connectivity index (χ4n) is 1.87. The minimum absolute atomic E-state index is 0.0763. The van der Waals surface area contributed by atoms with Crippen LogP contribution in [0.2, 0.25) is 5.28 Å². The van der Waals surface area contributed by atoms with Crippen LogP contribution in [-0.2, 0) is 9.53 Å². The molecule has 7 heteroatoms. The lowest BCUT2D eigenvalue weighted by atomic mass is 10.1. The molecule has 1 amide bonds. The third kappa shape index (κ3) is 2.70. The molecule has 0 saturated carbocycles. The van der Waals surface area contributed by atoms with Crippen molar-refractivity contribution in [2.75, 3.05) is 24.4 Å². The highest BCUT2D eigenvalue weighted by Crippen LogP contribution is 2.29. The summed E-state index contributed by atoms with van der Waals surface area (Å²) >= 11 is 5.80. The first kappa shape index (κ1) is 13.0. The lowest BCUT2D eigenvalue weighted by Crippen LogP contribution is -2.39. The second-order valence-corrected chi connectivity index (χ2v) is 4.46. The van der Waals surface area contributed by atoms with Gasteiger partial charge in [0.05, 0.1) is 5.69 Å². The van der Waals surface area contributed by atoms with Gasteiger partial charge in [0.25, 0.3) is 0 Å². The molecule has 6 nitrogen and oxygen atoms in total. The molecule has 1 unspecified atom stereocenters. The average molecular weight is 271 g/mol. The van der Waals surface area contributed by atoms with E-state index in [0.29, 0.717) is 30.2 Å². The number of fused-ring (bicyclic) bond motifs is 1. The zero-order valence-electron chi connectivity index (χ0n) is 10.3. The van der Waals surface area contributed by atoms with E-state index in [4.69, 9.17) is 16.3 Å². The molecule has 1 aliphatic heterocycles. The van der Waals surface area contributed by atoms with E-state index in [1.165, 1.54) is 0 Å². The molecular weight excluding hydrogens is 256 g/mol. The van der Waals surface area contributed by atoms with Crippen molar-refractivity contribution in [1.82, 2.24) is 9.97 Å². The molecule has 0 fully saturated rings. The van der Waals surface area contributed by atoms with Gasteiger partial charge in [-0.2, -0.15) is 4.98 Å². The van der Waals surface area contributed by atoms with Crippen LogP contribution < -0.4 is 10.6 Å². The summed E-state index contributed by atoms with van der Waals surface area (Å²) in [6.45, 7) is 2.40. The third-order valence-corrected chi connectivity index (χ3v) is 2.95. The Morgan fingerprint density at radius 3 is 2.94 bits per heavy atom. The first-order valence-electron chi connectivity index (χ1n) is 5.72. The summed E-state index contributed by atoms with van der Waals surface area (Å²) in [6.07, 6.45) is 1.48. The summed E-state index contributed by atoms with van der Waals surface area (Å²) in [5, 5.41) is 6.06. The Kier molecular flexibility index (Phi) is 3.98. The first-order valence-corrected chi connectivity index (χ1v) is 6.10. The Morgan fingerprint density at radius 2 is 2.22 bits per heavy atom. The molecular formula is C11H15ClN4O2. The molecule has 98 valence electrons. The van der Waals surface area contributed by atoms with Crippen LogP contribution in [0, 0.1) is 6.92 Å². The summed E-state index contributed by atoms with van der Waals surface area (Å²) < 4.78 is 4.97. The van der Waals surface area contributed by atoms with E-state index in [-0.39, 0.29) is 17.2 Å². The van der Waals surface area contributed by atoms with Gasteiger partial charge in [0.15, 0.2) is 5.82 Å². The van der Waals surface area contributed by atoms with E-state index in [1.807, 2.05) is 0 Å². The fourth-order valence-corrected chi connectivity index (χ4v) is 2.08. The predicted octanol–water partition coefficient (Wildman–Crippen LogP) is 1.60. The van der Waals surface area contributed by atoms with E-state index in [9.17, 15) is 4.79 Å². The molecule has 2 rings (SSSR count). The first-order chi connectivity index (χ1) is 8.61. The molecule has 2 heterocycles. The SMILES string of the molecule is COCCCC1Nc2nc(Cl)nc(C)c2NC1=O. The molecule has 1 aromatic rings. The maximum absolute atomic E-state index is 11.9. The Balaban J connectivity index is 2.14. The van der Waals surface area contributed by atoms with E-state index in [0.717, 1.165) is 6.42 Å². The number of anilines is 2. The normalized spacial score (nSPS) is 17.9. The van der Waals surface area contributed by atoms with Gasteiger partial charge in [-0.15, -0.1) is 0 Å². The van der Waals surface area contributed by atoms with E-state index >= 15 is 0 Å². The molecule has 0 bridgehead atoms. The standard InChI is InChI=1S/C11H15ClN4O2/c1-6-8-9(16-11(12)13-6)14-7(10(17)15-8)4-3-5-18-2/h7H,3-5H2,1-2H3,(H,15,17)(H,13,14,16). The van der Waals surface area contributed by atoms with Crippen LogP contribution in [0.5, 0.6) is 0 Å². The topological polar surface area (TPSA) is 76.1 Å². The molecule has 1 aromatic heterocycles. The highest BCUT2D eigenvalue weighted by Gasteiger charge is 2.27. The Morgan fingerprint density at radius 1 is 1.44 bits per heavy atom. The van der Waals surface area contributed by atoms with Crippen molar-refractivity contribution >= 4 is 29.0 Å². The summed E-state index contributed by atoms with van der Waals surface area (Å²) in [5.41, 5.74) is 1.26. The smallest absolute Gasteiger partial charge is 0.247 e. The summed E-state index contributed by atoms with van der Waals surface area (Å²) in [5.74, 6) is 0.502.